The van der Waals surface area contributed by atoms with E-state index in [1.165, 1.54) is 22.6 Å². The van der Waals surface area contributed by atoms with E-state index in [9.17, 15) is 22.4 Å². The second kappa shape index (κ2) is 5.02. The smallest absolute Gasteiger partial charge is 0.478 e. The number of alkyl halides is 4. The largest absolute Gasteiger partial charge is 0.573 e. The van der Waals surface area contributed by atoms with Gasteiger partial charge in [-0.25, -0.2) is 9.18 Å². The molecule has 0 aliphatic carbocycles. The molecule has 1 rings (SSSR count). The first-order chi connectivity index (χ1) is 7.76. The molecule has 0 fully saturated rings. The van der Waals surface area contributed by atoms with Crippen molar-refractivity contribution < 1.29 is 32.2 Å². The maximum atomic E-state index is 12.4. The number of ether oxygens (including phenoxy) is 1. The van der Waals surface area contributed by atoms with Crippen molar-refractivity contribution in [3.05, 3.63) is 21.0 Å². The van der Waals surface area contributed by atoms with Crippen molar-refractivity contribution in [2.45, 2.75) is 13.0 Å². The molecule has 0 unspecified atom stereocenters. The van der Waals surface area contributed by atoms with Gasteiger partial charge >= 0.3 is 12.3 Å². The molecule has 1 heterocycles. The van der Waals surface area contributed by atoms with Gasteiger partial charge in [-0.2, -0.15) is 0 Å². The van der Waals surface area contributed by atoms with Gasteiger partial charge in [0.2, 0.25) is 0 Å². The van der Waals surface area contributed by atoms with E-state index in [1.54, 1.807) is 0 Å². The van der Waals surface area contributed by atoms with E-state index in [2.05, 4.69) is 9.72 Å². The lowest BCUT2D eigenvalue weighted by Gasteiger charge is -2.14. The molecule has 0 aromatic carbocycles. The number of carbonyl (C=O) groups is 1. The third-order valence-electron chi connectivity index (χ3n) is 1.62. The second-order valence-corrected chi connectivity index (χ2v) is 3.91. The van der Waals surface area contributed by atoms with E-state index in [0.29, 0.717) is 0 Å². The highest BCUT2D eigenvalue weighted by Gasteiger charge is 2.35. The van der Waals surface area contributed by atoms with E-state index in [4.69, 9.17) is 5.11 Å². The van der Waals surface area contributed by atoms with Crippen LogP contribution in [0.3, 0.4) is 0 Å². The zero-order chi connectivity index (χ0) is 13.2. The molecule has 94 valence electrons. The highest BCUT2D eigenvalue weighted by Crippen LogP contribution is 2.32. The lowest BCUT2D eigenvalue weighted by Crippen LogP contribution is -2.21. The molecule has 0 aliphatic rings. The first-order valence-corrected chi connectivity index (χ1v) is 5.06. The van der Waals surface area contributed by atoms with E-state index in [0.717, 1.165) is 6.20 Å². The first kappa shape index (κ1) is 13.9. The molecule has 17 heavy (non-hydrogen) atoms. The molecule has 0 bridgehead atoms. The number of hydrogen-bond donors (Lipinski definition) is 1. The van der Waals surface area contributed by atoms with Crippen molar-refractivity contribution in [3.8, 4) is 5.75 Å². The van der Waals surface area contributed by atoms with Gasteiger partial charge in [-0.15, -0.1) is 13.2 Å². The Morgan fingerprint density at radius 3 is 2.53 bits per heavy atom. The molecule has 0 radical (unpaired) electrons. The minimum absolute atomic E-state index is 0.0773. The lowest BCUT2D eigenvalue weighted by molar-refractivity contribution is -0.275. The average Bonchev–Trinajstić information content (AvgIpc) is 2.15. The summed E-state index contributed by atoms with van der Waals surface area (Å²) < 4.78 is 52.1. The molecule has 0 saturated heterocycles. The van der Waals surface area contributed by atoms with Crippen molar-refractivity contribution in [1.82, 2.24) is 4.98 Å². The van der Waals surface area contributed by atoms with Crippen LogP contribution in [0.1, 0.15) is 16.1 Å². The fraction of sp³-hybridized carbons (Fsp3) is 0.250. The minimum atomic E-state index is -5.11. The summed E-state index contributed by atoms with van der Waals surface area (Å²) in [5.41, 5.74) is -1.47. The molecular weight excluding hydrogens is 361 g/mol. The number of pyridine rings is 1. The molecule has 1 aromatic heterocycles. The van der Waals surface area contributed by atoms with E-state index in [1.807, 2.05) is 0 Å². The number of carboxylic acids is 1. The van der Waals surface area contributed by atoms with Crippen LogP contribution in [0.5, 0.6) is 5.75 Å². The van der Waals surface area contributed by atoms with Crippen LogP contribution < -0.4 is 4.74 Å². The molecule has 0 atom stereocenters. The maximum absolute atomic E-state index is 12.4. The summed E-state index contributed by atoms with van der Waals surface area (Å²) in [7, 11) is 0. The SMILES string of the molecule is O=C(O)c1c(I)cnc(CF)c1OC(F)(F)F. The van der Waals surface area contributed by atoms with Crippen LogP contribution >= 0.6 is 22.6 Å². The van der Waals surface area contributed by atoms with Crippen molar-refractivity contribution in [3.63, 3.8) is 0 Å². The van der Waals surface area contributed by atoms with Gasteiger partial charge < -0.3 is 9.84 Å². The molecule has 0 spiro atoms. The van der Waals surface area contributed by atoms with E-state index >= 15 is 0 Å². The predicted octanol–water partition coefficient (Wildman–Crippen LogP) is 2.75. The molecule has 0 aliphatic heterocycles. The fourth-order valence-corrected chi connectivity index (χ4v) is 1.65. The highest BCUT2D eigenvalue weighted by atomic mass is 127. The quantitative estimate of drug-likeness (QED) is 0.661. The third-order valence-corrected chi connectivity index (χ3v) is 2.44. The second-order valence-electron chi connectivity index (χ2n) is 2.74. The van der Waals surface area contributed by atoms with Gasteiger partial charge in [-0.05, 0) is 22.6 Å². The summed E-state index contributed by atoms with van der Waals surface area (Å²) in [4.78, 5) is 14.1. The van der Waals surface area contributed by atoms with Crippen molar-refractivity contribution in [2.75, 3.05) is 0 Å². The Morgan fingerprint density at radius 2 is 2.12 bits per heavy atom. The lowest BCUT2D eigenvalue weighted by atomic mass is 10.2. The predicted molar refractivity (Wildman–Crippen MR) is 55.4 cm³/mol. The Hall–Kier alpha value is -1.13. The van der Waals surface area contributed by atoms with Crippen LogP contribution in [-0.4, -0.2) is 22.4 Å². The van der Waals surface area contributed by atoms with Crippen LogP contribution in [-0.2, 0) is 6.67 Å². The zero-order valence-corrected chi connectivity index (χ0v) is 10.0. The molecule has 0 saturated carbocycles. The topological polar surface area (TPSA) is 59.4 Å². The number of rotatable bonds is 3. The highest BCUT2D eigenvalue weighted by molar-refractivity contribution is 14.1. The Kier molecular flexibility index (Phi) is 4.11. The van der Waals surface area contributed by atoms with Crippen LogP contribution in [0.4, 0.5) is 17.6 Å². The number of hydrogen-bond acceptors (Lipinski definition) is 3. The van der Waals surface area contributed by atoms with E-state index < -0.39 is 36.0 Å². The van der Waals surface area contributed by atoms with Crippen LogP contribution in [0.2, 0.25) is 0 Å². The zero-order valence-electron chi connectivity index (χ0n) is 7.89. The molecule has 9 heteroatoms. The number of nitrogens with zero attached hydrogens (tertiary/aromatic N) is 1. The molecule has 1 N–H and O–H groups in total. The summed E-state index contributed by atoms with van der Waals surface area (Å²) in [6, 6.07) is 0. The van der Waals surface area contributed by atoms with Crippen molar-refractivity contribution in [1.29, 1.82) is 0 Å². The van der Waals surface area contributed by atoms with Gasteiger partial charge in [-0.3, -0.25) is 4.98 Å². The van der Waals surface area contributed by atoms with Gasteiger partial charge in [0, 0.05) is 9.77 Å². The number of aromatic nitrogens is 1. The Bertz CT molecular complexity index is 449. The number of carboxylic acid groups (broad SMARTS) is 1. The fourth-order valence-electron chi connectivity index (χ4n) is 1.03. The monoisotopic (exact) mass is 365 g/mol. The van der Waals surface area contributed by atoms with Gasteiger partial charge in [0.1, 0.15) is 17.9 Å². The van der Waals surface area contributed by atoms with Crippen LogP contribution in [0.15, 0.2) is 6.20 Å². The van der Waals surface area contributed by atoms with Crippen molar-refractivity contribution in [2.24, 2.45) is 0 Å². The normalized spacial score (nSPS) is 11.4. The summed E-state index contributed by atoms with van der Waals surface area (Å²) in [6.07, 6.45) is -4.15. The van der Waals surface area contributed by atoms with Gasteiger partial charge in [0.15, 0.2) is 5.75 Å². The molecular formula is C8H4F4INO3. The maximum Gasteiger partial charge on any atom is 0.573 e. The number of halogens is 5. The summed E-state index contributed by atoms with van der Waals surface area (Å²) >= 11 is 1.47. The molecule has 1 aromatic rings. The van der Waals surface area contributed by atoms with E-state index in [-0.39, 0.29) is 3.57 Å². The molecule has 4 nitrogen and oxygen atoms in total. The van der Waals surface area contributed by atoms with Gasteiger partial charge in [0.25, 0.3) is 0 Å². The summed E-state index contributed by atoms with van der Waals surface area (Å²) in [5, 5.41) is 8.76. The average molecular weight is 365 g/mol. The Morgan fingerprint density at radius 1 is 1.53 bits per heavy atom. The van der Waals surface area contributed by atoms with Crippen molar-refractivity contribution >= 4 is 28.6 Å². The third kappa shape index (κ3) is 3.41. The molecule has 0 amide bonds. The Balaban J connectivity index is 3.40. The van der Waals surface area contributed by atoms with Gasteiger partial charge in [-0.1, -0.05) is 0 Å². The number of aromatic carboxylic acids is 1. The summed E-state index contributed by atoms with van der Waals surface area (Å²) in [6.45, 7) is -1.36. The van der Waals surface area contributed by atoms with Crippen LogP contribution in [0, 0.1) is 3.57 Å². The Labute approximate surface area is 106 Å². The standard InChI is InChI=1S/C8H4F4INO3/c9-1-4-6(17-8(10,11)12)5(7(15)16)3(13)2-14-4/h2H,1H2,(H,15,16). The minimum Gasteiger partial charge on any atom is -0.478 e. The first-order valence-electron chi connectivity index (χ1n) is 3.98. The summed E-state index contributed by atoms with van der Waals surface area (Å²) in [5.74, 6) is -2.76. The van der Waals surface area contributed by atoms with Gasteiger partial charge in [0.05, 0.1) is 0 Å². The van der Waals surface area contributed by atoms with Crippen LogP contribution in [0.25, 0.3) is 0 Å².